The summed E-state index contributed by atoms with van der Waals surface area (Å²) in [5.74, 6) is 0.0214. The highest BCUT2D eigenvalue weighted by atomic mass is 32.1. The zero-order chi connectivity index (χ0) is 18.4. The number of nitrogens with zero attached hydrogens (tertiary/aromatic N) is 2. The van der Waals surface area contributed by atoms with Gasteiger partial charge in [-0.3, -0.25) is 9.59 Å². The lowest BCUT2D eigenvalue weighted by Gasteiger charge is -2.20. The Balaban J connectivity index is 1.84. The van der Waals surface area contributed by atoms with E-state index in [0.717, 1.165) is 28.9 Å². The molecule has 1 N–H and O–H groups in total. The van der Waals surface area contributed by atoms with Crippen LogP contribution in [0.5, 0.6) is 0 Å². The maximum atomic E-state index is 12.1. The molecule has 1 aliphatic heterocycles. The van der Waals surface area contributed by atoms with Crippen LogP contribution in [0, 0.1) is 5.41 Å². The minimum Gasteiger partial charge on any atom is -0.309 e. The first kappa shape index (κ1) is 17.6. The number of hydrogen-bond acceptors (Lipinski definition) is 4. The van der Waals surface area contributed by atoms with Crippen LogP contribution >= 0.6 is 11.3 Å². The summed E-state index contributed by atoms with van der Waals surface area (Å²) in [6.45, 7) is 9.28. The number of hydrogen-bond donors (Lipinski definition) is 1. The number of aromatic nitrogens is 1. The maximum absolute atomic E-state index is 12.1. The number of carbonyl (C=O) groups excluding carboxylic acids is 2. The van der Waals surface area contributed by atoms with Crippen molar-refractivity contribution in [2.75, 3.05) is 10.2 Å². The van der Waals surface area contributed by atoms with Gasteiger partial charge in [-0.25, -0.2) is 4.98 Å². The SMILES string of the molecule is CC(=O)N1c2ccc(-c3csc(NC(=O)C(C)(C)C)n3)cc2CC1C. The minimum absolute atomic E-state index is 0.0479. The van der Waals surface area contributed by atoms with E-state index in [4.69, 9.17) is 0 Å². The monoisotopic (exact) mass is 357 g/mol. The molecule has 3 rings (SSSR count). The Kier molecular flexibility index (Phi) is 4.41. The first-order chi connectivity index (χ1) is 11.7. The van der Waals surface area contributed by atoms with Crippen molar-refractivity contribution in [3.8, 4) is 11.3 Å². The fraction of sp³-hybridized carbons (Fsp3) is 0.421. The van der Waals surface area contributed by atoms with Crippen LogP contribution in [-0.4, -0.2) is 22.8 Å². The summed E-state index contributed by atoms with van der Waals surface area (Å²) in [6.07, 6.45) is 0.848. The molecule has 132 valence electrons. The average Bonchev–Trinajstić information content (AvgIpc) is 3.08. The van der Waals surface area contributed by atoms with Crippen LogP contribution in [0.2, 0.25) is 0 Å². The third-order valence-corrected chi connectivity index (χ3v) is 5.09. The van der Waals surface area contributed by atoms with Crippen LogP contribution in [0.25, 0.3) is 11.3 Å². The van der Waals surface area contributed by atoms with Gasteiger partial charge >= 0.3 is 0 Å². The molecule has 0 saturated heterocycles. The number of carbonyl (C=O) groups is 2. The van der Waals surface area contributed by atoms with Gasteiger partial charge in [0, 0.05) is 35.0 Å². The van der Waals surface area contributed by atoms with E-state index >= 15 is 0 Å². The summed E-state index contributed by atoms with van der Waals surface area (Å²) in [7, 11) is 0. The fourth-order valence-corrected chi connectivity index (χ4v) is 3.73. The van der Waals surface area contributed by atoms with E-state index in [2.05, 4.69) is 23.3 Å². The van der Waals surface area contributed by atoms with E-state index in [1.54, 1.807) is 6.92 Å². The van der Waals surface area contributed by atoms with Crippen molar-refractivity contribution < 1.29 is 9.59 Å². The summed E-state index contributed by atoms with van der Waals surface area (Å²) in [5, 5.41) is 5.42. The second kappa shape index (κ2) is 6.26. The van der Waals surface area contributed by atoms with Crippen LogP contribution in [0.4, 0.5) is 10.8 Å². The molecule has 2 heterocycles. The summed E-state index contributed by atoms with van der Waals surface area (Å²) < 4.78 is 0. The molecule has 0 radical (unpaired) electrons. The van der Waals surface area contributed by atoms with E-state index in [1.165, 1.54) is 11.3 Å². The minimum atomic E-state index is -0.453. The largest absolute Gasteiger partial charge is 0.309 e. The van der Waals surface area contributed by atoms with Crippen LogP contribution in [0.1, 0.15) is 40.2 Å². The molecule has 1 unspecified atom stereocenters. The van der Waals surface area contributed by atoms with Crippen LogP contribution in [0.15, 0.2) is 23.6 Å². The smallest absolute Gasteiger partial charge is 0.231 e. The van der Waals surface area contributed by atoms with Crippen LogP contribution in [0.3, 0.4) is 0 Å². The van der Waals surface area contributed by atoms with Crippen molar-refractivity contribution in [1.29, 1.82) is 0 Å². The van der Waals surface area contributed by atoms with Crippen molar-refractivity contribution >= 4 is 34.0 Å². The molecule has 2 amide bonds. The van der Waals surface area contributed by atoms with Gasteiger partial charge in [0.15, 0.2) is 5.13 Å². The van der Waals surface area contributed by atoms with Crippen molar-refractivity contribution in [3.63, 3.8) is 0 Å². The van der Waals surface area contributed by atoms with Gasteiger partial charge < -0.3 is 10.2 Å². The number of benzene rings is 1. The Morgan fingerprint density at radius 1 is 1.32 bits per heavy atom. The highest BCUT2D eigenvalue weighted by Gasteiger charge is 2.29. The lowest BCUT2D eigenvalue weighted by Crippen LogP contribution is -2.33. The number of fused-ring (bicyclic) bond motifs is 1. The third kappa shape index (κ3) is 3.44. The van der Waals surface area contributed by atoms with Crippen molar-refractivity contribution in [1.82, 2.24) is 4.98 Å². The standard InChI is InChI=1S/C19H23N3O2S/c1-11-8-14-9-13(6-7-16(14)22(11)12(2)23)15-10-25-18(20-15)21-17(24)19(3,4)5/h6-7,9-11H,8H2,1-5H3,(H,20,21,24). The summed E-state index contributed by atoms with van der Waals surface area (Å²) in [5.41, 5.74) is 3.54. The summed E-state index contributed by atoms with van der Waals surface area (Å²) in [4.78, 5) is 30.3. The van der Waals surface area contributed by atoms with Gasteiger partial charge in [-0.1, -0.05) is 26.8 Å². The van der Waals surface area contributed by atoms with E-state index in [-0.39, 0.29) is 17.9 Å². The van der Waals surface area contributed by atoms with Gasteiger partial charge in [0.25, 0.3) is 0 Å². The predicted octanol–water partition coefficient (Wildman–Crippen LogP) is 4.09. The molecule has 0 bridgehead atoms. The number of rotatable bonds is 2. The maximum Gasteiger partial charge on any atom is 0.231 e. The Morgan fingerprint density at radius 2 is 2.04 bits per heavy atom. The number of anilines is 2. The van der Waals surface area contributed by atoms with E-state index in [9.17, 15) is 9.59 Å². The van der Waals surface area contributed by atoms with Gasteiger partial charge in [0.05, 0.1) is 5.69 Å². The molecule has 25 heavy (non-hydrogen) atoms. The average molecular weight is 357 g/mol. The van der Waals surface area contributed by atoms with Crippen molar-refractivity contribution in [2.24, 2.45) is 5.41 Å². The molecular weight excluding hydrogens is 334 g/mol. The molecule has 0 aliphatic carbocycles. The highest BCUT2D eigenvalue weighted by molar-refractivity contribution is 7.14. The molecule has 0 saturated carbocycles. The first-order valence-electron chi connectivity index (χ1n) is 8.37. The van der Waals surface area contributed by atoms with Gasteiger partial charge in [0.2, 0.25) is 11.8 Å². The molecule has 1 atom stereocenters. The Hall–Kier alpha value is -2.21. The molecule has 6 heteroatoms. The summed E-state index contributed by atoms with van der Waals surface area (Å²) >= 11 is 1.42. The molecule has 5 nitrogen and oxygen atoms in total. The first-order valence-corrected chi connectivity index (χ1v) is 9.25. The number of thiazole rings is 1. The molecule has 0 spiro atoms. The van der Waals surface area contributed by atoms with Crippen LogP contribution in [-0.2, 0) is 16.0 Å². The van der Waals surface area contributed by atoms with Crippen LogP contribution < -0.4 is 10.2 Å². The van der Waals surface area contributed by atoms with Gasteiger partial charge in [-0.15, -0.1) is 11.3 Å². The van der Waals surface area contributed by atoms with Gasteiger partial charge in [-0.05, 0) is 31.0 Å². The second-order valence-corrected chi connectivity index (χ2v) is 8.39. The number of amides is 2. The van der Waals surface area contributed by atoms with Crippen molar-refractivity contribution in [3.05, 3.63) is 29.1 Å². The number of nitrogens with one attached hydrogen (secondary N) is 1. The third-order valence-electron chi connectivity index (χ3n) is 4.34. The Bertz CT molecular complexity index is 835. The van der Waals surface area contributed by atoms with Gasteiger partial charge in [0.1, 0.15) is 0 Å². The van der Waals surface area contributed by atoms with E-state index in [0.29, 0.717) is 5.13 Å². The summed E-state index contributed by atoms with van der Waals surface area (Å²) in [6, 6.07) is 6.25. The molecule has 1 aromatic carbocycles. The van der Waals surface area contributed by atoms with E-state index in [1.807, 2.05) is 43.2 Å². The Morgan fingerprint density at radius 3 is 2.68 bits per heavy atom. The second-order valence-electron chi connectivity index (χ2n) is 7.53. The van der Waals surface area contributed by atoms with Gasteiger partial charge in [-0.2, -0.15) is 0 Å². The molecule has 1 aliphatic rings. The van der Waals surface area contributed by atoms with E-state index < -0.39 is 5.41 Å². The topological polar surface area (TPSA) is 62.3 Å². The molecular formula is C19H23N3O2S. The Labute approximate surface area is 152 Å². The highest BCUT2D eigenvalue weighted by Crippen LogP contribution is 2.36. The zero-order valence-electron chi connectivity index (χ0n) is 15.2. The molecule has 1 aromatic heterocycles. The molecule has 2 aromatic rings. The quantitative estimate of drug-likeness (QED) is 0.880. The molecule has 0 fully saturated rings. The van der Waals surface area contributed by atoms with Crippen molar-refractivity contribution in [2.45, 2.75) is 47.1 Å². The normalized spacial score (nSPS) is 16.7. The zero-order valence-corrected chi connectivity index (χ0v) is 16.0. The lowest BCUT2D eigenvalue weighted by atomic mass is 9.96. The lowest BCUT2D eigenvalue weighted by molar-refractivity contribution is -0.123. The predicted molar refractivity (Wildman–Crippen MR) is 102 cm³/mol. The fourth-order valence-electron chi connectivity index (χ4n) is 3.02.